The van der Waals surface area contributed by atoms with E-state index in [9.17, 15) is 4.79 Å². The van der Waals surface area contributed by atoms with Crippen molar-refractivity contribution in [2.75, 3.05) is 0 Å². The Morgan fingerprint density at radius 2 is 1.25 bits per heavy atom. The first kappa shape index (κ1) is 16.5. The Kier molecular flexibility index (Phi) is 5.12. The number of ketones is 1. The van der Waals surface area contributed by atoms with Gasteiger partial charge in [-0.1, -0.05) is 91.9 Å². The summed E-state index contributed by atoms with van der Waals surface area (Å²) in [7, 11) is 0. The third kappa shape index (κ3) is 3.58. The van der Waals surface area contributed by atoms with Crippen LogP contribution in [0.3, 0.4) is 0 Å². The summed E-state index contributed by atoms with van der Waals surface area (Å²) in [6, 6.07) is 27.6. The average molecular weight is 335 g/mol. The predicted molar refractivity (Wildman–Crippen MR) is 100 cm³/mol. The maximum absolute atomic E-state index is 12.7. The molecule has 0 bridgehead atoms. The molecule has 2 unspecified atom stereocenters. The third-order valence-corrected chi connectivity index (χ3v) is 4.88. The van der Waals surface area contributed by atoms with E-state index in [0.717, 1.165) is 16.7 Å². The maximum atomic E-state index is 12.7. The van der Waals surface area contributed by atoms with Crippen LogP contribution in [0.25, 0.3) is 11.1 Å². The van der Waals surface area contributed by atoms with Crippen molar-refractivity contribution in [3.8, 4) is 11.1 Å². The topological polar surface area (TPSA) is 17.1 Å². The highest BCUT2D eigenvalue weighted by Gasteiger charge is 2.24. The Balaban J connectivity index is 1.77. The van der Waals surface area contributed by atoms with Gasteiger partial charge in [0.2, 0.25) is 0 Å². The number of alkyl halides is 1. The number of hydrogen-bond acceptors (Lipinski definition) is 1. The molecule has 2 heteroatoms. The van der Waals surface area contributed by atoms with Gasteiger partial charge in [0.15, 0.2) is 5.78 Å². The van der Waals surface area contributed by atoms with Crippen molar-refractivity contribution < 1.29 is 4.79 Å². The highest BCUT2D eigenvalue weighted by Crippen LogP contribution is 2.31. The van der Waals surface area contributed by atoms with Gasteiger partial charge in [-0.25, -0.2) is 0 Å². The van der Waals surface area contributed by atoms with Gasteiger partial charge in [-0.3, -0.25) is 4.79 Å². The van der Waals surface area contributed by atoms with Crippen molar-refractivity contribution in [3.05, 3.63) is 96.1 Å². The Morgan fingerprint density at radius 3 is 1.83 bits per heavy atom. The Morgan fingerprint density at radius 1 is 0.750 bits per heavy atom. The SMILES string of the molecule is CC(C(=O)c1ccc(-c2ccccc2)cc1)C(Cl)c1ccccc1. The molecule has 0 N–H and O–H groups in total. The van der Waals surface area contributed by atoms with E-state index in [4.69, 9.17) is 11.6 Å². The zero-order valence-electron chi connectivity index (χ0n) is 13.5. The van der Waals surface area contributed by atoms with E-state index < -0.39 is 0 Å². The molecular weight excluding hydrogens is 316 g/mol. The number of carbonyl (C=O) groups is 1. The molecule has 3 aromatic rings. The van der Waals surface area contributed by atoms with Crippen LogP contribution in [0, 0.1) is 5.92 Å². The molecule has 2 atom stereocenters. The van der Waals surface area contributed by atoms with E-state index in [0.29, 0.717) is 5.56 Å². The highest BCUT2D eigenvalue weighted by atomic mass is 35.5. The van der Waals surface area contributed by atoms with Crippen LogP contribution in [0.1, 0.15) is 28.2 Å². The number of halogens is 1. The molecule has 120 valence electrons. The van der Waals surface area contributed by atoms with Crippen molar-refractivity contribution in [2.24, 2.45) is 5.92 Å². The minimum Gasteiger partial charge on any atom is -0.294 e. The fourth-order valence-electron chi connectivity index (χ4n) is 2.78. The van der Waals surface area contributed by atoms with E-state index in [1.165, 1.54) is 0 Å². The summed E-state index contributed by atoms with van der Waals surface area (Å²) in [5.41, 5.74) is 3.92. The lowest BCUT2D eigenvalue weighted by atomic mass is 9.91. The summed E-state index contributed by atoms with van der Waals surface area (Å²) in [5, 5.41) is -0.326. The van der Waals surface area contributed by atoms with Crippen LogP contribution in [-0.2, 0) is 0 Å². The van der Waals surface area contributed by atoms with Crippen molar-refractivity contribution >= 4 is 17.4 Å². The summed E-state index contributed by atoms with van der Waals surface area (Å²) < 4.78 is 0. The summed E-state index contributed by atoms with van der Waals surface area (Å²) in [6.45, 7) is 1.89. The number of hydrogen-bond donors (Lipinski definition) is 0. The first-order chi connectivity index (χ1) is 11.7. The summed E-state index contributed by atoms with van der Waals surface area (Å²) in [6.07, 6.45) is 0. The number of rotatable bonds is 5. The van der Waals surface area contributed by atoms with Gasteiger partial charge < -0.3 is 0 Å². The molecule has 0 amide bonds. The largest absolute Gasteiger partial charge is 0.294 e. The van der Waals surface area contributed by atoms with Crippen LogP contribution in [0.2, 0.25) is 0 Å². The van der Waals surface area contributed by atoms with Crippen molar-refractivity contribution in [1.29, 1.82) is 0 Å². The zero-order valence-corrected chi connectivity index (χ0v) is 14.3. The van der Waals surface area contributed by atoms with Crippen LogP contribution in [0.15, 0.2) is 84.9 Å². The molecule has 0 aliphatic rings. The molecule has 0 fully saturated rings. The Labute approximate surface area is 147 Å². The van der Waals surface area contributed by atoms with Crippen molar-refractivity contribution in [1.82, 2.24) is 0 Å². The van der Waals surface area contributed by atoms with Gasteiger partial charge in [0.1, 0.15) is 0 Å². The molecule has 1 nitrogen and oxygen atoms in total. The second kappa shape index (κ2) is 7.46. The number of carbonyl (C=O) groups excluding carboxylic acids is 1. The minimum absolute atomic E-state index is 0.0680. The lowest BCUT2D eigenvalue weighted by molar-refractivity contribution is 0.0926. The fourth-order valence-corrected chi connectivity index (χ4v) is 3.04. The molecule has 0 spiro atoms. The van der Waals surface area contributed by atoms with Crippen LogP contribution >= 0.6 is 11.6 Å². The molecule has 0 saturated heterocycles. The van der Waals surface area contributed by atoms with Gasteiger partial charge in [-0.15, -0.1) is 11.6 Å². The molecule has 0 aliphatic carbocycles. The van der Waals surface area contributed by atoms with E-state index >= 15 is 0 Å². The molecule has 24 heavy (non-hydrogen) atoms. The zero-order chi connectivity index (χ0) is 16.9. The first-order valence-electron chi connectivity index (χ1n) is 8.05. The maximum Gasteiger partial charge on any atom is 0.167 e. The lowest BCUT2D eigenvalue weighted by Crippen LogP contribution is -2.16. The third-order valence-electron chi connectivity index (χ3n) is 4.25. The second-order valence-electron chi connectivity index (χ2n) is 5.91. The van der Waals surface area contributed by atoms with Crippen molar-refractivity contribution in [2.45, 2.75) is 12.3 Å². The molecule has 0 radical (unpaired) electrons. The number of Topliss-reactive ketones (excluding diaryl/α,β-unsaturated/α-hetero) is 1. The van der Waals surface area contributed by atoms with Crippen molar-refractivity contribution in [3.63, 3.8) is 0 Å². The average Bonchev–Trinajstić information content (AvgIpc) is 2.68. The van der Waals surface area contributed by atoms with Crippen LogP contribution < -0.4 is 0 Å². The normalized spacial score (nSPS) is 13.2. The smallest absolute Gasteiger partial charge is 0.167 e. The standard InChI is InChI=1S/C22H19ClO/c1-16(21(23)19-10-6-3-7-11-19)22(24)20-14-12-18(13-15-20)17-8-4-2-5-9-17/h2-16,21H,1H3. The predicted octanol–water partition coefficient (Wildman–Crippen LogP) is 6.15. The Hall–Kier alpha value is -2.38. The molecule has 3 aromatic carbocycles. The summed E-state index contributed by atoms with van der Waals surface area (Å²) in [5.74, 6) is -0.213. The molecule has 0 saturated carbocycles. The quantitative estimate of drug-likeness (QED) is 0.404. The highest BCUT2D eigenvalue weighted by molar-refractivity contribution is 6.23. The van der Waals surface area contributed by atoms with Crippen LogP contribution in [0.4, 0.5) is 0 Å². The number of benzene rings is 3. The van der Waals surface area contributed by atoms with Gasteiger partial charge in [-0.05, 0) is 16.7 Å². The van der Waals surface area contributed by atoms with Gasteiger partial charge in [0.05, 0.1) is 5.38 Å². The van der Waals surface area contributed by atoms with E-state index in [1.54, 1.807) is 0 Å². The molecule has 3 rings (SSSR count). The van der Waals surface area contributed by atoms with E-state index in [-0.39, 0.29) is 17.1 Å². The van der Waals surface area contributed by atoms with Crippen LogP contribution in [0.5, 0.6) is 0 Å². The minimum atomic E-state index is -0.326. The molecule has 0 heterocycles. The fraction of sp³-hybridized carbons (Fsp3) is 0.136. The summed E-state index contributed by atoms with van der Waals surface area (Å²) >= 11 is 6.51. The molecule has 0 aromatic heterocycles. The van der Waals surface area contributed by atoms with Gasteiger partial charge in [0.25, 0.3) is 0 Å². The lowest BCUT2D eigenvalue weighted by Gasteiger charge is -2.17. The summed E-state index contributed by atoms with van der Waals surface area (Å²) in [4.78, 5) is 12.7. The molecular formula is C22H19ClO. The second-order valence-corrected chi connectivity index (χ2v) is 6.38. The monoisotopic (exact) mass is 334 g/mol. The van der Waals surface area contributed by atoms with Crippen LogP contribution in [-0.4, -0.2) is 5.78 Å². The first-order valence-corrected chi connectivity index (χ1v) is 8.49. The Bertz CT molecular complexity index is 794. The van der Waals surface area contributed by atoms with Gasteiger partial charge >= 0.3 is 0 Å². The van der Waals surface area contributed by atoms with Gasteiger partial charge in [0, 0.05) is 11.5 Å². The van der Waals surface area contributed by atoms with Gasteiger partial charge in [-0.2, -0.15) is 0 Å². The van der Waals surface area contributed by atoms with E-state index in [1.807, 2.05) is 79.7 Å². The molecule has 0 aliphatic heterocycles. The van der Waals surface area contributed by atoms with E-state index in [2.05, 4.69) is 12.1 Å².